The van der Waals surface area contributed by atoms with Crippen LogP contribution in [0.15, 0.2) is 0 Å². The predicted molar refractivity (Wildman–Crippen MR) is 65.7 cm³/mol. The second kappa shape index (κ2) is 17.5. The molecule has 0 aliphatic carbocycles. The smallest absolute Gasteiger partial charge is 0.514 e. The molecule has 0 radical (unpaired) electrons. The van der Waals surface area contributed by atoms with E-state index in [-0.39, 0.29) is 112 Å². The summed E-state index contributed by atoms with van der Waals surface area (Å²) >= 11 is 18.3. The molecule has 0 rings (SSSR count). The van der Waals surface area contributed by atoms with Crippen molar-refractivity contribution in [2.75, 3.05) is 13.2 Å². The maximum absolute atomic E-state index is 4.93. The van der Waals surface area contributed by atoms with Gasteiger partial charge >= 0.3 is 103 Å². The molecular weight excluding hydrogens is 323 g/mol. The third-order valence-electron chi connectivity index (χ3n) is 1.23. The topological polar surface area (TPSA) is 18.5 Å². The fourth-order valence-electron chi connectivity index (χ4n) is 0.692. The van der Waals surface area contributed by atoms with Crippen LogP contribution in [-0.2, 0) is 34.7 Å². The van der Waals surface area contributed by atoms with Crippen LogP contribution in [-0.4, -0.2) is 22.0 Å². The van der Waals surface area contributed by atoms with Crippen molar-refractivity contribution in [3.8, 4) is 0 Å². The van der Waals surface area contributed by atoms with Gasteiger partial charge in [0.05, 0.1) is 13.2 Å². The van der Waals surface area contributed by atoms with Crippen LogP contribution in [0, 0.1) is 0 Å². The monoisotopic (exact) mass is 332 g/mol. The van der Waals surface area contributed by atoms with Gasteiger partial charge in [-0.25, -0.2) is 0 Å². The Balaban J connectivity index is -0.000000720. The molecule has 0 fully saturated rings. The Morgan fingerprint density at radius 1 is 0.800 bits per heavy atom. The third kappa shape index (κ3) is 23.1. The van der Waals surface area contributed by atoms with Crippen LogP contribution in [0.1, 0.15) is 19.3 Å². The summed E-state index contributed by atoms with van der Waals surface area (Å²) < 4.78 is 10.2. The Hall–Kier alpha value is 3.49. The third-order valence-corrected chi connectivity index (χ3v) is 1.70. The zero-order valence-electron chi connectivity index (χ0n) is 8.99. The van der Waals surface area contributed by atoms with Gasteiger partial charge in [0.15, 0.2) is 0 Å². The molecule has 0 spiro atoms. The van der Waals surface area contributed by atoms with Crippen molar-refractivity contribution in [3.63, 3.8) is 0 Å². The molecule has 0 aromatic heterocycles. The second-order valence-electron chi connectivity index (χ2n) is 2.26. The Morgan fingerprint density at radius 3 is 1.40 bits per heavy atom. The molecule has 15 heavy (non-hydrogen) atoms. The first kappa shape index (κ1) is 23.6. The second-order valence-corrected chi connectivity index (χ2v) is 4.26. The van der Waals surface area contributed by atoms with Crippen LogP contribution in [0.2, 0.25) is 0 Å². The molecule has 0 amide bonds. The van der Waals surface area contributed by atoms with Gasteiger partial charge in [0.25, 0.3) is 0 Å². The quantitative estimate of drug-likeness (QED) is 0.211. The summed E-state index contributed by atoms with van der Waals surface area (Å²) in [6.07, 6.45) is 2.84. The SMILES string of the molecule is S=C([S-])OCCCCCOC(=S)[S-].[K+].[K+]. The van der Waals surface area contributed by atoms with E-state index in [1.165, 1.54) is 0 Å². The number of unbranched alkanes of at least 4 members (excludes halogenated alkanes) is 2. The number of thiocarbonyl (C=S) groups is 2. The molecule has 76 valence electrons. The van der Waals surface area contributed by atoms with E-state index in [9.17, 15) is 0 Å². The molecule has 0 bridgehead atoms. The van der Waals surface area contributed by atoms with Crippen LogP contribution in [0.5, 0.6) is 0 Å². The first-order chi connectivity index (χ1) is 6.13. The summed E-state index contributed by atoms with van der Waals surface area (Å²) in [6.45, 7) is 1.17. The summed E-state index contributed by atoms with van der Waals surface area (Å²) in [4.78, 5) is 0. The molecule has 2 nitrogen and oxygen atoms in total. The maximum Gasteiger partial charge on any atom is 1.00 e. The van der Waals surface area contributed by atoms with Gasteiger partial charge in [0, 0.05) is 8.77 Å². The van der Waals surface area contributed by atoms with Gasteiger partial charge in [-0.15, -0.1) is 0 Å². The maximum atomic E-state index is 4.93. The van der Waals surface area contributed by atoms with E-state index in [0.29, 0.717) is 13.2 Å². The molecule has 0 aliphatic heterocycles. The zero-order valence-corrected chi connectivity index (χ0v) is 18.5. The van der Waals surface area contributed by atoms with Crippen LogP contribution < -0.4 is 103 Å². The van der Waals surface area contributed by atoms with E-state index >= 15 is 0 Å². The van der Waals surface area contributed by atoms with E-state index in [4.69, 9.17) is 9.47 Å². The molecule has 0 unspecified atom stereocenters. The standard InChI is InChI=1S/C7H12O2S4.2K/c10-6(11)8-4-2-1-3-5-9-7(12)13;;/h1-5H2,(H,10,11)(H,12,13);;/q;2*+1/p-2. The predicted octanol–water partition coefficient (Wildman–Crippen LogP) is -4.14. The van der Waals surface area contributed by atoms with Crippen LogP contribution in [0.3, 0.4) is 0 Å². The average molecular weight is 333 g/mol. The molecule has 0 heterocycles. The Morgan fingerprint density at radius 2 is 1.13 bits per heavy atom. The Kier molecular flexibility index (Phi) is 27.5. The van der Waals surface area contributed by atoms with Crippen molar-refractivity contribution in [1.29, 1.82) is 0 Å². The Bertz CT molecular complexity index is 162. The Labute approximate surface area is 198 Å². The summed E-state index contributed by atoms with van der Waals surface area (Å²) in [5.41, 5.74) is 0. The van der Waals surface area contributed by atoms with Gasteiger partial charge in [-0.3, -0.25) is 0 Å². The van der Waals surface area contributed by atoms with E-state index in [1.54, 1.807) is 0 Å². The fourth-order valence-corrected chi connectivity index (χ4v) is 1.03. The van der Waals surface area contributed by atoms with Crippen molar-refractivity contribution in [3.05, 3.63) is 0 Å². The number of rotatable bonds is 6. The van der Waals surface area contributed by atoms with E-state index < -0.39 is 0 Å². The van der Waals surface area contributed by atoms with Gasteiger partial charge < -0.3 is 59.2 Å². The molecular formula is C7H10K2O2S4. The van der Waals surface area contributed by atoms with Crippen LogP contribution >= 0.6 is 24.4 Å². The van der Waals surface area contributed by atoms with Gasteiger partial charge in [0.1, 0.15) is 0 Å². The number of ether oxygens (including phenoxy) is 2. The van der Waals surface area contributed by atoms with Crippen molar-refractivity contribution < 1.29 is 112 Å². The molecule has 0 saturated heterocycles. The first-order valence-electron chi connectivity index (χ1n) is 3.80. The van der Waals surface area contributed by atoms with Crippen molar-refractivity contribution in [2.45, 2.75) is 19.3 Å². The normalized spacial score (nSPS) is 8.00. The minimum Gasteiger partial charge on any atom is -0.514 e. The molecule has 0 atom stereocenters. The van der Waals surface area contributed by atoms with Gasteiger partial charge in [-0.05, 0) is 19.3 Å². The van der Waals surface area contributed by atoms with Crippen molar-refractivity contribution >= 4 is 58.5 Å². The largest absolute Gasteiger partial charge is 1.00 e. The van der Waals surface area contributed by atoms with E-state index in [1.807, 2.05) is 0 Å². The molecule has 0 saturated carbocycles. The molecule has 0 aromatic rings. The van der Waals surface area contributed by atoms with Crippen molar-refractivity contribution in [1.82, 2.24) is 0 Å². The molecule has 0 aromatic carbocycles. The van der Waals surface area contributed by atoms with Crippen LogP contribution in [0.4, 0.5) is 0 Å². The molecule has 0 aliphatic rings. The molecule has 8 heteroatoms. The van der Waals surface area contributed by atoms with E-state index in [2.05, 4.69) is 49.7 Å². The van der Waals surface area contributed by atoms with Gasteiger partial charge in [0.2, 0.25) is 0 Å². The van der Waals surface area contributed by atoms with Crippen molar-refractivity contribution in [2.24, 2.45) is 0 Å². The van der Waals surface area contributed by atoms with Crippen LogP contribution in [0.25, 0.3) is 0 Å². The zero-order chi connectivity index (χ0) is 10.1. The summed E-state index contributed by atoms with van der Waals surface area (Å²) in [7, 11) is 0. The van der Waals surface area contributed by atoms with Gasteiger partial charge in [-0.2, -0.15) is 0 Å². The minimum atomic E-state index is 0. The molecule has 0 N–H and O–H groups in total. The summed E-state index contributed by atoms with van der Waals surface area (Å²) in [5, 5.41) is 0. The van der Waals surface area contributed by atoms with E-state index in [0.717, 1.165) is 19.3 Å². The fraction of sp³-hybridized carbons (Fsp3) is 0.714. The number of hydrogen-bond donors (Lipinski definition) is 0. The first-order valence-corrected chi connectivity index (χ1v) is 5.44. The van der Waals surface area contributed by atoms with Gasteiger partial charge in [-0.1, -0.05) is 0 Å². The number of hydrogen-bond acceptors (Lipinski definition) is 6. The summed E-state index contributed by atoms with van der Waals surface area (Å²) in [6, 6.07) is 0. The minimum absolute atomic E-state index is 0. The average Bonchev–Trinajstić information content (AvgIpc) is 2.01. The summed E-state index contributed by atoms with van der Waals surface area (Å²) in [5.74, 6) is 0.